The molecule has 1 heterocycles. The van der Waals surface area contributed by atoms with E-state index in [-0.39, 0.29) is 29.0 Å². The van der Waals surface area contributed by atoms with Crippen molar-refractivity contribution in [3.05, 3.63) is 29.8 Å². The molecule has 1 aliphatic carbocycles. The van der Waals surface area contributed by atoms with Gasteiger partial charge in [-0.15, -0.1) is 0 Å². The molecule has 2 aliphatic rings. The average Bonchev–Trinajstić information content (AvgIpc) is 2.76. The molecule has 0 aromatic heterocycles. The van der Waals surface area contributed by atoms with Gasteiger partial charge in [0.2, 0.25) is 10.0 Å². The highest BCUT2D eigenvalue weighted by Crippen LogP contribution is 2.29. The average molecular weight is 437 g/mol. The van der Waals surface area contributed by atoms with Crippen LogP contribution < -0.4 is 5.32 Å². The molecule has 1 amide bonds. The fraction of sp³-hybridized carbons (Fsp3) is 0.636. The molecule has 30 heavy (non-hydrogen) atoms. The fourth-order valence-electron chi connectivity index (χ4n) is 4.29. The van der Waals surface area contributed by atoms with Gasteiger partial charge in [0.05, 0.1) is 10.5 Å². The van der Waals surface area contributed by atoms with E-state index in [9.17, 15) is 18.0 Å². The van der Waals surface area contributed by atoms with Gasteiger partial charge < -0.3 is 10.1 Å². The Labute approximate surface area is 179 Å². The molecule has 3 rings (SSSR count). The molecular weight excluding hydrogens is 404 g/mol. The quantitative estimate of drug-likeness (QED) is 0.692. The number of amides is 1. The summed E-state index contributed by atoms with van der Waals surface area (Å²) in [6.45, 7) is 4.94. The molecule has 2 fully saturated rings. The topological polar surface area (TPSA) is 92.8 Å². The lowest BCUT2D eigenvalue weighted by atomic mass is 9.78. The molecule has 3 atom stereocenters. The number of piperidine rings is 1. The normalized spacial score (nSPS) is 25.5. The maximum absolute atomic E-state index is 12.8. The number of carbonyl (C=O) groups is 2. The van der Waals surface area contributed by atoms with Crippen LogP contribution in [-0.4, -0.2) is 50.3 Å². The van der Waals surface area contributed by atoms with Crippen LogP contribution in [-0.2, 0) is 19.6 Å². The van der Waals surface area contributed by atoms with Crippen molar-refractivity contribution >= 4 is 21.9 Å². The Kier molecular flexibility index (Phi) is 7.52. The summed E-state index contributed by atoms with van der Waals surface area (Å²) < 4.78 is 32.2. The molecule has 3 unspecified atom stereocenters. The van der Waals surface area contributed by atoms with Crippen LogP contribution >= 0.6 is 0 Å². The van der Waals surface area contributed by atoms with Crippen LogP contribution in [0, 0.1) is 11.8 Å². The predicted molar refractivity (Wildman–Crippen MR) is 113 cm³/mol. The number of sulfonamides is 1. The number of hydrogen-bond acceptors (Lipinski definition) is 5. The first-order valence-electron chi connectivity index (χ1n) is 10.9. The minimum Gasteiger partial charge on any atom is -0.452 e. The van der Waals surface area contributed by atoms with E-state index in [1.165, 1.54) is 35.0 Å². The van der Waals surface area contributed by atoms with Gasteiger partial charge in [-0.1, -0.05) is 39.2 Å². The molecule has 0 radical (unpaired) electrons. The lowest BCUT2D eigenvalue weighted by Gasteiger charge is -2.34. The number of carbonyl (C=O) groups excluding carboxylic acids is 2. The third-order valence-electron chi connectivity index (χ3n) is 6.41. The summed E-state index contributed by atoms with van der Waals surface area (Å²) in [5.41, 5.74) is 0.126. The Bertz CT molecular complexity index is 864. The summed E-state index contributed by atoms with van der Waals surface area (Å²) >= 11 is 0. The molecule has 1 aliphatic heterocycles. The monoisotopic (exact) mass is 436 g/mol. The second kappa shape index (κ2) is 9.92. The van der Waals surface area contributed by atoms with Crippen molar-refractivity contribution in [1.82, 2.24) is 9.62 Å². The van der Waals surface area contributed by atoms with Crippen LogP contribution in [0.4, 0.5) is 0 Å². The smallest absolute Gasteiger partial charge is 0.338 e. The molecule has 0 spiro atoms. The third kappa shape index (κ3) is 5.40. The Morgan fingerprint density at radius 3 is 2.57 bits per heavy atom. The standard InChI is InChI=1S/C22H32N2O5S/c1-16-8-6-11-20(17(16)2)23-21(25)15-29-22(26)18-9-7-10-19(14-18)30(27,28)24-12-4-3-5-13-24/h7,9-10,14,16-17,20H,3-6,8,11-13,15H2,1-2H3,(H,23,25). The summed E-state index contributed by atoms with van der Waals surface area (Å²) in [5, 5.41) is 2.97. The molecule has 1 aromatic carbocycles. The SMILES string of the molecule is CC1CCCC(NC(=O)COC(=O)c2cccc(S(=O)(=O)N3CCCCC3)c2)C1C. The van der Waals surface area contributed by atoms with Crippen molar-refractivity contribution < 1.29 is 22.7 Å². The zero-order valence-corrected chi connectivity index (χ0v) is 18.6. The van der Waals surface area contributed by atoms with Gasteiger partial charge >= 0.3 is 5.97 Å². The highest BCUT2D eigenvalue weighted by molar-refractivity contribution is 7.89. The maximum Gasteiger partial charge on any atom is 0.338 e. The second-order valence-electron chi connectivity index (χ2n) is 8.51. The maximum atomic E-state index is 12.8. The lowest BCUT2D eigenvalue weighted by molar-refractivity contribution is -0.125. The number of benzene rings is 1. The van der Waals surface area contributed by atoms with Crippen LogP contribution in [0.25, 0.3) is 0 Å². The molecule has 1 N–H and O–H groups in total. The van der Waals surface area contributed by atoms with E-state index < -0.39 is 16.0 Å². The molecule has 8 heteroatoms. The van der Waals surface area contributed by atoms with E-state index in [0.29, 0.717) is 24.9 Å². The first-order valence-corrected chi connectivity index (χ1v) is 12.3. The first kappa shape index (κ1) is 22.7. The van der Waals surface area contributed by atoms with Gasteiger partial charge in [-0.05, 0) is 49.3 Å². The number of nitrogens with one attached hydrogen (secondary N) is 1. The van der Waals surface area contributed by atoms with Gasteiger partial charge in [0.15, 0.2) is 6.61 Å². The zero-order chi connectivity index (χ0) is 21.7. The van der Waals surface area contributed by atoms with Gasteiger partial charge in [-0.3, -0.25) is 4.79 Å². The molecule has 1 saturated heterocycles. The summed E-state index contributed by atoms with van der Waals surface area (Å²) in [5.74, 6) is -0.0939. The summed E-state index contributed by atoms with van der Waals surface area (Å²) in [6.07, 6.45) is 5.89. The minimum absolute atomic E-state index is 0.0771. The summed E-state index contributed by atoms with van der Waals surface area (Å²) in [4.78, 5) is 24.7. The highest BCUT2D eigenvalue weighted by atomic mass is 32.2. The number of esters is 1. The predicted octanol–water partition coefficient (Wildman–Crippen LogP) is 2.96. The lowest BCUT2D eigenvalue weighted by Crippen LogP contribution is -2.45. The summed E-state index contributed by atoms with van der Waals surface area (Å²) in [6, 6.07) is 5.94. The van der Waals surface area contributed by atoms with Crippen molar-refractivity contribution in [2.45, 2.75) is 63.3 Å². The van der Waals surface area contributed by atoms with Gasteiger partial charge in [0.1, 0.15) is 0 Å². The largest absolute Gasteiger partial charge is 0.452 e. The van der Waals surface area contributed by atoms with E-state index >= 15 is 0 Å². The second-order valence-corrected chi connectivity index (χ2v) is 10.4. The third-order valence-corrected chi connectivity index (χ3v) is 8.30. The fourth-order valence-corrected chi connectivity index (χ4v) is 5.85. The Morgan fingerprint density at radius 1 is 1.10 bits per heavy atom. The van der Waals surface area contributed by atoms with Crippen LogP contribution in [0.15, 0.2) is 29.2 Å². The Morgan fingerprint density at radius 2 is 1.83 bits per heavy atom. The highest BCUT2D eigenvalue weighted by Gasteiger charge is 2.29. The zero-order valence-electron chi connectivity index (χ0n) is 17.8. The number of hydrogen-bond donors (Lipinski definition) is 1. The molecule has 0 bridgehead atoms. The van der Waals surface area contributed by atoms with E-state index in [2.05, 4.69) is 19.2 Å². The first-order chi connectivity index (χ1) is 14.3. The molecule has 166 valence electrons. The Balaban J connectivity index is 1.58. The van der Waals surface area contributed by atoms with E-state index in [1.54, 1.807) is 0 Å². The van der Waals surface area contributed by atoms with Crippen LogP contribution in [0.1, 0.15) is 62.7 Å². The van der Waals surface area contributed by atoms with E-state index in [4.69, 9.17) is 4.74 Å². The van der Waals surface area contributed by atoms with Crippen molar-refractivity contribution in [3.63, 3.8) is 0 Å². The van der Waals surface area contributed by atoms with Gasteiger partial charge in [-0.2, -0.15) is 4.31 Å². The van der Waals surface area contributed by atoms with Gasteiger partial charge in [0.25, 0.3) is 5.91 Å². The number of nitrogens with zero attached hydrogens (tertiary/aromatic N) is 1. The minimum atomic E-state index is -3.63. The molecular formula is C22H32N2O5S. The molecule has 1 saturated carbocycles. The van der Waals surface area contributed by atoms with Crippen molar-refractivity contribution in [2.24, 2.45) is 11.8 Å². The van der Waals surface area contributed by atoms with Crippen LogP contribution in [0.2, 0.25) is 0 Å². The summed E-state index contributed by atoms with van der Waals surface area (Å²) in [7, 11) is -3.63. The van der Waals surface area contributed by atoms with E-state index in [0.717, 1.165) is 32.1 Å². The Hall–Kier alpha value is -1.93. The van der Waals surface area contributed by atoms with Crippen LogP contribution in [0.3, 0.4) is 0 Å². The number of rotatable bonds is 6. The van der Waals surface area contributed by atoms with Crippen LogP contribution in [0.5, 0.6) is 0 Å². The van der Waals surface area contributed by atoms with Crippen molar-refractivity contribution in [2.75, 3.05) is 19.7 Å². The van der Waals surface area contributed by atoms with Gasteiger partial charge in [-0.25, -0.2) is 13.2 Å². The molecule has 7 nitrogen and oxygen atoms in total. The number of ether oxygens (including phenoxy) is 1. The molecule has 1 aromatic rings. The van der Waals surface area contributed by atoms with Crippen molar-refractivity contribution in [3.8, 4) is 0 Å². The van der Waals surface area contributed by atoms with E-state index in [1.807, 2.05) is 0 Å². The van der Waals surface area contributed by atoms with Crippen molar-refractivity contribution in [1.29, 1.82) is 0 Å². The van der Waals surface area contributed by atoms with Gasteiger partial charge in [0, 0.05) is 19.1 Å².